The molecule has 0 saturated carbocycles. The van der Waals surface area contributed by atoms with Gasteiger partial charge in [0.25, 0.3) is 0 Å². The van der Waals surface area contributed by atoms with Gasteiger partial charge in [-0.2, -0.15) is 0 Å². The Morgan fingerprint density at radius 2 is 1.77 bits per heavy atom. The molecular weight excluding hydrogens is 377 g/mol. The average Bonchev–Trinajstić information content (AvgIpc) is 3.08. The molecule has 1 atom stereocenters. The Kier molecular flexibility index (Phi) is 6.29. The molecule has 0 amide bonds. The molecule has 31 heavy (non-hydrogen) atoms. The van der Waals surface area contributed by atoms with Crippen LogP contribution in [-0.2, 0) is 0 Å². The van der Waals surface area contributed by atoms with Crippen molar-refractivity contribution in [2.45, 2.75) is 25.7 Å². The maximum atomic E-state index is 4.40. The van der Waals surface area contributed by atoms with E-state index in [1.54, 1.807) is 0 Å². The summed E-state index contributed by atoms with van der Waals surface area (Å²) in [5, 5.41) is 3.50. The van der Waals surface area contributed by atoms with Crippen molar-refractivity contribution in [3.05, 3.63) is 84.1 Å². The molecule has 2 aromatic carbocycles. The topological polar surface area (TPSA) is 18.5 Å². The zero-order valence-electron chi connectivity index (χ0n) is 19.5. The monoisotopic (exact) mass is 413 g/mol. The van der Waals surface area contributed by atoms with Gasteiger partial charge in [0.05, 0.1) is 6.54 Å². The number of hydrogen-bond donors (Lipinski definition) is 1. The number of likely N-dealkylation sites (tertiary alicyclic amines) is 2. The molecule has 1 unspecified atom stereocenters. The second-order valence-electron chi connectivity index (χ2n) is 9.72. The highest BCUT2D eigenvalue weighted by atomic mass is 15.2. The first-order valence-electron chi connectivity index (χ1n) is 11.5. The number of likely N-dealkylation sites (N-methyl/N-ethyl adjacent to an activating group) is 1. The van der Waals surface area contributed by atoms with Gasteiger partial charge in [0.1, 0.15) is 7.85 Å². The molecule has 3 nitrogen and oxygen atoms in total. The molecule has 0 bridgehead atoms. The maximum Gasteiger partial charge on any atom is 0.139 e. The molecule has 4 rings (SSSR count). The predicted octanol–water partition coefficient (Wildman–Crippen LogP) is 3.14. The lowest BCUT2D eigenvalue weighted by molar-refractivity contribution is 0.119. The van der Waals surface area contributed by atoms with E-state index < -0.39 is 0 Å². The molecule has 4 heteroatoms. The van der Waals surface area contributed by atoms with E-state index in [2.05, 4.69) is 98.6 Å². The van der Waals surface area contributed by atoms with E-state index in [4.69, 9.17) is 0 Å². The summed E-state index contributed by atoms with van der Waals surface area (Å²) in [4.78, 5) is 5.01. The lowest BCUT2D eigenvalue weighted by Gasteiger charge is -2.44. The zero-order valence-corrected chi connectivity index (χ0v) is 19.5. The van der Waals surface area contributed by atoms with Gasteiger partial charge in [0, 0.05) is 43.5 Å². The van der Waals surface area contributed by atoms with Crippen LogP contribution < -0.4 is 10.8 Å². The van der Waals surface area contributed by atoms with Crippen LogP contribution in [-0.4, -0.2) is 57.4 Å². The maximum absolute atomic E-state index is 4.40. The minimum Gasteiger partial charge on any atom is -0.379 e. The minimum absolute atomic E-state index is 0.388. The molecule has 2 heterocycles. The van der Waals surface area contributed by atoms with Gasteiger partial charge in [-0.3, -0.25) is 0 Å². The van der Waals surface area contributed by atoms with E-state index in [9.17, 15) is 0 Å². The molecule has 2 aromatic rings. The van der Waals surface area contributed by atoms with Crippen LogP contribution in [0.4, 0.5) is 0 Å². The van der Waals surface area contributed by atoms with E-state index in [1.807, 2.05) is 0 Å². The Bertz CT molecular complexity index is 941. The van der Waals surface area contributed by atoms with Crippen molar-refractivity contribution in [3.8, 4) is 0 Å². The molecule has 2 aliphatic rings. The summed E-state index contributed by atoms with van der Waals surface area (Å²) in [6.07, 6.45) is 2.46. The average molecular weight is 413 g/mol. The lowest BCUT2D eigenvalue weighted by atomic mass is 9.68. The summed E-state index contributed by atoms with van der Waals surface area (Å²) in [5.74, 6) is 0.632. The van der Waals surface area contributed by atoms with Gasteiger partial charge in [0.2, 0.25) is 0 Å². The number of benzene rings is 2. The molecule has 0 aromatic heterocycles. The number of rotatable bonds is 6. The Morgan fingerprint density at radius 1 is 1.10 bits per heavy atom. The van der Waals surface area contributed by atoms with Crippen LogP contribution in [0.2, 0.25) is 0 Å². The van der Waals surface area contributed by atoms with E-state index in [0.29, 0.717) is 11.3 Å². The summed E-state index contributed by atoms with van der Waals surface area (Å²) in [5.41, 5.74) is 7.82. The molecule has 1 N–H and O–H groups in total. The van der Waals surface area contributed by atoms with Crippen LogP contribution in [0.5, 0.6) is 0 Å². The smallest absolute Gasteiger partial charge is 0.139 e. The van der Waals surface area contributed by atoms with Gasteiger partial charge in [-0.1, -0.05) is 67.2 Å². The fourth-order valence-corrected chi connectivity index (χ4v) is 5.58. The first-order chi connectivity index (χ1) is 14.9. The van der Waals surface area contributed by atoms with Crippen molar-refractivity contribution < 1.29 is 0 Å². The van der Waals surface area contributed by atoms with E-state index >= 15 is 0 Å². The van der Waals surface area contributed by atoms with Crippen molar-refractivity contribution in [3.63, 3.8) is 0 Å². The zero-order chi connectivity index (χ0) is 22.0. The first-order valence-corrected chi connectivity index (χ1v) is 11.5. The quantitative estimate of drug-likeness (QED) is 0.735. The molecule has 2 fully saturated rings. The summed E-state index contributed by atoms with van der Waals surface area (Å²) in [7, 11) is 4.45. The highest BCUT2D eigenvalue weighted by Crippen LogP contribution is 2.49. The van der Waals surface area contributed by atoms with E-state index in [-0.39, 0.29) is 0 Å². The van der Waals surface area contributed by atoms with Crippen LogP contribution in [0, 0.1) is 12.3 Å². The van der Waals surface area contributed by atoms with E-state index in [0.717, 1.165) is 25.3 Å². The number of aryl methyl sites for hydroxylation is 1. The normalized spacial score (nSPS) is 20.7. The standard InChI is InChI=1S/C27H36BN3/c1-20-7-5-6-8-25(20)22(3)29-17-21(2)31-15-13-27(14-16-31)19-30(4)18-26(27)23-9-11-24(28)12-10-23/h5-12,26,29H,2-3,13-19,28H2,1,4H3. The number of nitrogens with zero attached hydrogens (tertiary/aromatic N) is 2. The summed E-state index contributed by atoms with van der Waals surface area (Å²) < 4.78 is 0. The van der Waals surface area contributed by atoms with Gasteiger partial charge in [0.15, 0.2) is 0 Å². The van der Waals surface area contributed by atoms with Gasteiger partial charge >= 0.3 is 0 Å². The second kappa shape index (κ2) is 8.96. The third-order valence-electron chi connectivity index (χ3n) is 7.48. The third kappa shape index (κ3) is 4.59. The summed E-state index contributed by atoms with van der Waals surface area (Å²) >= 11 is 0. The van der Waals surface area contributed by atoms with Crippen LogP contribution in [0.1, 0.15) is 35.4 Å². The molecule has 0 aliphatic carbocycles. The second-order valence-corrected chi connectivity index (χ2v) is 9.72. The van der Waals surface area contributed by atoms with E-state index in [1.165, 1.54) is 53.8 Å². The highest BCUT2D eigenvalue weighted by Gasteiger charge is 2.47. The van der Waals surface area contributed by atoms with Crippen molar-refractivity contribution in [2.75, 3.05) is 39.8 Å². The van der Waals surface area contributed by atoms with Gasteiger partial charge in [-0.25, -0.2) is 0 Å². The van der Waals surface area contributed by atoms with Crippen molar-refractivity contribution in [1.29, 1.82) is 0 Å². The molecule has 162 valence electrons. The largest absolute Gasteiger partial charge is 0.379 e. The summed E-state index contributed by atoms with van der Waals surface area (Å²) in [6, 6.07) is 17.6. The van der Waals surface area contributed by atoms with Crippen molar-refractivity contribution >= 4 is 19.0 Å². The van der Waals surface area contributed by atoms with Gasteiger partial charge < -0.3 is 15.1 Å². The molecule has 0 radical (unpaired) electrons. The number of piperidine rings is 1. The Labute approximate surface area is 189 Å². The molecular formula is C27H36BN3. The van der Waals surface area contributed by atoms with Crippen molar-refractivity contribution in [1.82, 2.24) is 15.1 Å². The summed E-state index contributed by atoms with van der Waals surface area (Å²) in [6.45, 7) is 16.1. The minimum atomic E-state index is 0.388. The predicted molar refractivity (Wildman–Crippen MR) is 135 cm³/mol. The van der Waals surface area contributed by atoms with Gasteiger partial charge in [-0.05, 0) is 48.9 Å². The van der Waals surface area contributed by atoms with Gasteiger partial charge in [-0.15, -0.1) is 0 Å². The molecule has 2 saturated heterocycles. The Morgan fingerprint density at radius 3 is 2.45 bits per heavy atom. The van der Waals surface area contributed by atoms with Crippen LogP contribution in [0.25, 0.3) is 5.70 Å². The fourth-order valence-electron chi connectivity index (χ4n) is 5.58. The van der Waals surface area contributed by atoms with Crippen molar-refractivity contribution in [2.24, 2.45) is 5.41 Å². The lowest BCUT2D eigenvalue weighted by Crippen LogP contribution is -2.44. The number of nitrogens with one attached hydrogen (secondary N) is 1. The Balaban J connectivity index is 1.36. The molecule has 1 spiro atoms. The highest BCUT2D eigenvalue weighted by molar-refractivity contribution is 6.32. The molecule has 2 aliphatic heterocycles. The first kappa shape index (κ1) is 21.8. The van der Waals surface area contributed by atoms with Crippen LogP contribution >= 0.6 is 0 Å². The SMILES string of the molecule is Bc1ccc(C2CN(C)CC23CCN(C(=C)CNC(=C)c2ccccc2C)CC3)cc1. The third-order valence-corrected chi connectivity index (χ3v) is 7.48. The van der Waals surface area contributed by atoms with Crippen LogP contribution in [0.15, 0.2) is 67.4 Å². The Hall–Kier alpha value is -2.46. The van der Waals surface area contributed by atoms with Crippen LogP contribution in [0.3, 0.4) is 0 Å². The fraction of sp³-hybridized carbons (Fsp3) is 0.407. The number of hydrogen-bond acceptors (Lipinski definition) is 3.